The summed E-state index contributed by atoms with van der Waals surface area (Å²) in [5.74, 6) is -2.09. The van der Waals surface area contributed by atoms with Crippen molar-refractivity contribution in [1.82, 2.24) is 9.62 Å². The van der Waals surface area contributed by atoms with Crippen molar-refractivity contribution in [2.45, 2.75) is 71.1 Å². The van der Waals surface area contributed by atoms with Crippen LogP contribution >= 0.6 is 0 Å². The second kappa shape index (κ2) is 16.6. The molecular weight excluding hydrogens is 518 g/mol. The first-order valence-corrected chi connectivity index (χ1v) is 15.7. The van der Waals surface area contributed by atoms with Crippen LogP contribution in [0.2, 0.25) is 0 Å². The van der Waals surface area contributed by atoms with Gasteiger partial charge in [0.05, 0.1) is 12.3 Å². The summed E-state index contributed by atoms with van der Waals surface area (Å²) >= 11 is 0. The third-order valence-electron chi connectivity index (χ3n) is 7.45. The number of nitrogens with two attached hydrogens (primary N) is 1. The zero-order chi connectivity index (χ0) is 28.8. The molecule has 1 fully saturated rings. The lowest BCUT2D eigenvalue weighted by Crippen LogP contribution is -2.43. The zero-order valence-electron chi connectivity index (χ0n) is 23.4. The lowest BCUT2D eigenvalue weighted by Gasteiger charge is -2.28. The van der Waals surface area contributed by atoms with Gasteiger partial charge in [0, 0.05) is 57.7 Å². The standard InChI is InChI=1S/C29H45N3O6S/c1-22-13-14-26(33)12-8-4-7-11-25(29(36)31-2)19-27(34)21-32(39(37,38)16-15-30)20-24(18-28(22)35)17-23-9-5-3-6-10-23/h3,5-6,9-10,22,24-25H,4,7-8,11-21,30H2,1-2H3,(H,31,36). The second-order valence-corrected chi connectivity index (χ2v) is 12.8. The first kappa shape index (κ1) is 32.8. The Kier molecular flexibility index (Phi) is 14.0. The number of rotatable bonds is 6. The first-order chi connectivity index (χ1) is 18.6. The molecule has 0 saturated carbocycles. The Labute approximate surface area is 233 Å². The molecule has 1 aromatic rings. The molecule has 1 amide bonds. The van der Waals surface area contributed by atoms with E-state index >= 15 is 0 Å². The highest BCUT2D eigenvalue weighted by Gasteiger charge is 2.31. The number of hydrogen-bond donors (Lipinski definition) is 2. The molecule has 0 spiro atoms. The summed E-state index contributed by atoms with van der Waals surface area (Å²) in [4.78, 5) is 51.3. The number of carbonyl (C=O) groups excluding carboxylic acids is 4. The van der Waals surface area contributed by atoms with Crippen molar-refractivity contribution in [3.8, 4) is 0 Å². The summed E-state index contributed by atoms with van der Waals surface area (Å²) in [6.07, 6.45) is 4.36. The molecule has 1 aliphatic heterocycles. The minimum atomic E-state index is -3.87. The molecule has 0 aromatic heterocycles. The number of hydrogen-bond acceptors (Lipinski definition) is 7. The molecule has 0 radical (unpaired) electrons. The number of ketones is 3. The molecule has 10 heteroatoms. The number of sulfonamides is 1. The third kappa shape index (κ3) is 11.7. The normalized spacial score (nSPS) is 24.1. The smallest absolute Gasteiger partial charge is 0.223 e. The number of nitrogens with one attached hydrogen (secondary N) is 1. The van der Waals surface area contributed by atoms with Gasteiger partial charge >= 0.3 is 0 Å². The van der Waals surface area contributed by atoms with Gasteiger partial charge in [-0.25, -0.2) is 8.42 Å². The fourth-order valence-electron chi connectivity index (χ4n) is 5.10. The average Bonchev–Trinajstić information content (AvgIpc) is 2.89. The van der Waals surface area contributed by atoms with Crippen LogP contribution in [0.25, 0.3) is 0 Å². The van der Waals surface area contributed by atoms with Gasteiger partial charge in [-0.05, 0) is 37.2 Å². The highest BCUT2D eigenvalue weighted by molar-refractivity contribution is 7.89. The van der Waals surface area contributed by atoms with Gasteiger partial charge in [-0.3, -0.25) is 19.2 Å². The largest absolute Gasteiger partial charge is 0.359 e. The molecule has 3 unspecified atom stereocenters. The first-order valence-electron chi connectivity index (χ1n) is 14.0. The Hall–Kier alpha value is -2.43. The van der Waals surface area contributed by atoms with Crippen LogP contribution in [0, 0.1) is 17.8 Å². The molecule has 3 atom stereocenters. The molecule has 218 valence electrons. The van der Waals surface area contributed by atoms with Crippen LogP contribution in [0.1, 0.15) is 70.3 Å². The van der Waals surface area contributed by atoms with Crippen molar-refractivity contribution in [3.63, 3.8) is 0 Å². The monoisotopic (exact) mass is 563 g/mol. The van der Waals surface area contributed by atoms with Crippen LogP contribution in [0.15, 0.2) is 30.3 Å². The highest BCUT2D eigenvalue weighted by atomic mass is 32.2. The summed E-state index contributed by atoms with van der Waals surface area (Å²) in [6.45, 7) is 1.35. The molecule has 0 bridgehead atoms. The molecule has 0 aliphatic carbocycles. The summed E-state index contributed by atoms with van der Waals surface area (Å²) in [5, 5.41) is 2.60. The van der Waals surface area contributed by atoms with Gasteiger partial charge in [0.15, 0.2) is 0 Å². The Balaban J connectivity index is 2.38. The van der Waals surface area contributed by atoms with Gasteiger partial charge in [-0.2, -0.15) is 4.31 Å². The summed E-state index contributed by atoms with van der Waals surface area (Å²) in [7, 11) is -2.36. The number of amides is 1. The minimum absolute atomic E-state index is 0.00893. The van der Waals surface area contributed by atoms with Crippen LogP contribution in [-0.4, -0.2) is 68.4 Å². The zero-order valence-corrected chi connectivity index (χ0v) is 24.2. The predicted octanol–water partition coefficient (Wildman–Crippen LogP) is 2.67. The molecular formula is C29H45N3O6S. The quantitative estimate of drug-likeness (QED) is 0.541. The summed E-state index contributed by atoms with van der Waals surface area (Å²) < 4.78 is 27.6. The van der Waals surface area contributed by atoms with Crippen molar-refractivity contribution >= 4 is 33.3 Å². The molecule has 1 heterocycles. The Morgan fingerprint density at radius 1 is 1.00 bits per heavy atom. The third-order valence-corrected chi connectivity index (χ3v) is 9.26. The molecule has 1 aromatic carbocycles. The van der Waals surface area contributed by atoms with Crippen molar-refractivity contribution < 1.29 is 27.6 Å². The number of nitrogens with zero attached hydrogens (tertiary/aromatic N) is 1. The van der Waals surface area contributed by atoms with Gasteiger partial charge in [0.2, 0.25) is 15.9 Å². The Morgan fingerprint density at radius 3 is 2.38 bits per heavy atom. The van der Waals surface area contributed by atoms with E-state index in [0.717, 1.165) is 16.3 Å². The molecule has 1 saturated heterocycles. The van der Waals surface area contributed by atoms with Crippen molar-refractivity contribution in [3.05, 3.63) is 35.9 Å². The van der Waals surface area contributed by atoms with Crippen molar-refractivity contribution in [2.75, 3.05) is 32.4 Å². The van der Waals surface area contributed by atoms with E-state index in [1.54, 1.807) is 0 Å². The summed E-state index contributed by atoms with van der Waals surface area (Å²) in [5.41, 5.74) is 6.55. The van der Waals surface area contributed by atoms with E-state index in [1.807, 2.05) is 37.3 Å². The van der Waals surface area contributed by atoms with Gasteiger partial charge in [0.25, 0.3) is 0 Å². The minimum Gasteiger partial charge on any atom is -0.359 e. The van der Waals surface area contributed by atoms with Crippen molar-refractivity contribution in [1.29, 1.82) is 0 Å². The fraction of sp³-hybridized carbons (Fsp3) is 0.655. The lowest BCUT2D eigenvalue weighted by atomic mass is 9.88. The van der Waals surface area contributed by atoms with E-state index in [2.05, 4.69) is 5.32 Å². The van der Waals surface area contributed by atoms with E-state index in [4.69, 9.17) is 5.73 Å². The SMILES string of the molecule is CNC(=O)C1CCCCCC(=O)CCC(C)C(=O)CC(Cc2ccccc2)CN(S(=O)(=O)CCN)CC(=O)C1. The van der Waals surface area contributed by atoms with E-state index < -0.39 is 15.9 Å². The lowest BCUT2D eigenvalue weighted by molar-refractivity contribution is -0.129. The average molecular weight is 564 g/mol. The van der Waals surface area contributed by atoms with E-state index in [0.29, 0.717) is 44.9 Å². The Bertz CT molecular complexity index is 1060. The number of Topliss-reactive ketones (excluding diaryl/α,β-unsaturated/α-hetero) is 3. The van der Waals surface area contributed by atoms with Crippen LogP contribution in [0.3, 0.4) is 0 Å². The topological polar surface area (TPSA) is 144 Å². The second-order valence-electron chi connectivity index (χ2n) is 10.8. The molecule has 3 N–H and O–H groups in total. The molecule has 2 rings (SSSR count). The van der Waals surface area contributed by atoms with Crippen molar-refractivity contribution in [2.24, 2.45) is 23.5 Å². The Morgan fingerprint density at radius 2 is 1.72 bits per heavy atom. The molecule has 9 nitrogen and oxygen atoms in total. The summed E-state index contributed by atoms with van der Waals surface area (Å²) in [6, 6.07) is 9.51. The van der Waals surface area contributed by atoms with Crippen LogP contribution in [0.4, 0.5) is 0 Å². The number of carbonyl (C=O) groups is 4. The number of benzene rings is 1. The van der Waals surface area contributed by atoms with E-state index in [9.17, 15) is 27.6 Å². The van der Waals surface area contributed by atoms with Crippen LogP contribution in [0.5, 0.6) is 0 Å². The predicted molar refractivity (Wildman–Crippen MR) is 151 cm³/mol. The van der Waals surface area contributed by atoms with Crippen LogP contribution in [-0.2, 0) is 35.6 Å². The van der Waals surface area contributed by atoms with E-state index in [-0.39, 0.29) is 73.3 Å². The maximum atomic E-state index is 13.2. The van der Waals surface area contributed by atoms with E-state index in [1.165, 1.54) is 7.05 Å². The van der Waals surface area contributed by atoms with Gasteiger partial charge in [-0.1, -0.05) is 50.1 Å². The van der Waals surface area contributed by atoms with Gasteiger partial charge in [0.1, 0.15) is 17.3 Å². The molecule has 1 aliphatic rings. The van der Waals surface area contributed by atoms with Gasteiger partial charge < -0.3 is 11.1 Å². The van der Waals surface area contributed by atoms with Crippen LogP contribution < -0.4 is 11.1 Å². The maximum Gasteiger partial charge on any atom is 0.223 e. The molecule has 39 heavy (non-hydrogen) atoms. The van der Waals surface area contributed by atoms with Gasteiger partial charge in [-0.15, -0.1) is 0 Å². The fourth-order valence-corrected chi connectivity index (χ4v) is 6.43. The highest BCUT2D eigenvalue weighted by Crippen LogP contribution is 2.23. The maximum absolute atomic E-state index is 13.2.